The maximum atomic E-state index is 10.7. The molecule has 1 N–H and O–H groups in total. The number of aliphatic hydroxyl groups excluding tert-OH is 1. The summed E-state index contributed by atoms with van der Waals surface area (Å²) < 4.78 is 24.0. The number of ether oxygens (including phenoxy) is 4. The fraction of sp³-hybridized carbons (Fsp3) is 0.625. The Morgan fingerprint density at radius 1 is 1.29 bits per heavy atom. The molecule has 1 aromatic carbocycles. The van der Waals surface area contributed by atoms with E-state index in [-0.39, 0.29) is 6.61 Å². The van der Waals surface area contributed by atoms with Crippen LogP contribution >= 0.6 is 0 Å². The number of nitrogens with zero attached hydrogens (tertiary/aromatic N) is 3. The first kappa shape index (κ1) is 17.2. The topological polar surface area (TPSA) is 87.9 Å². The summed E-state index contributed by atoms with van der Waals surface area (Å²) in [5.74, 6) is -0.866. The van der Waals surface area contributed by atoms with Crippen molar-refractivity contribution in [2.75, 3.05) is 20.8 Å². The number of para-hydroxylation sites is 1. The molecule has 2 aromatic rings. The zero-order valence-corrected chi connectivity index (χ0v) is 14.2. The van der Waals surface area contributed by atoms with Gasteiger partial charge in [-0.1, -0.05) is 17.3 Å². The minimum absolute atomic E-state index is 0.239. The van der Waals surface area contributed by atoms with Crippen LogP contribution in [0.1, 0.15) is 20.1 Å². The number of aromatic nitrogens is 3. The quantitative estimate of drug-likeness (QED) is 0.844. The summed E-state index contributed by atoms with van der Waals surface area (Å²) in [6, 6.07) is 7.56. The molecule has 132 valence electrons. The van der Waals surface area contributed by atoms with Crippen molar-refractivity contribution >= 4 is 11.0 Å². The molecule has 0 bridgehead atoms. The Bertz CT molecular complexity index is 689. The average molecular weight is 337 g/mol. The van der Waals surface area contributed by atoms with Crippen molar-refractivity contribution in [1.29, 1.82) is 0 Å². The normalized spacial score (nSPS) is 25.9. The highest BCUT2D eigenvalue weighted by Crippen LogP contribution is 2.38. The highest BCUT2D eigenvalue weighted by molar-refractivity contribution is 5.73. The minimum atomic E-state index is -0.954. The van der Waals surface area contributed by atoms with Crippen LogP contribution in [-0.4, -0.2) is 65.0 Å². The number of rotatable bonds is 6. The average Bonchev–Trinajstić information content (AvgIpc) is 3.12. The van der Waals surface area contributed by atoms with Gasteiger partial charge in [-0.3, -0.25) is 0 Å². The van der Waals surface area contributed by atoms with Gasteiger partial charge in [-0.05, 0) is 26.0 Å². The van der Waals surface area contributed by atoms with Crippen molar-refractivity contribution in [3.05, 3.63) is 24.3 Å². The summed E-state index contributed by atoms with van der Waals surface area (Å²) in [4.78, 5) is 0. The van der Waals surface area contributed by atoms with Gasteiger partial charge >= 0.3 is 0 Å². The smallest absolute Gasteiger partial charge is 0.184 e. The summed E-state index contributed by atoms with van der Waals surface area (Å²) in [6.07, 6.45) is -2.80. The highest BCUT2D eigenvalue weighted by atomic mass is 16.8. The predicted molar refractivity (Wildman–Crippen MR) is 85.3 cm³/mol. The molecule has 0 amide bonds. The fourth-order valence-electron chi connectivity index (χ4n) is 2.96. The fourth-order valence-corrected chi connectivity index (χ4v) is 2.96. The Morgan fingerprint density at radius 3 is 2.75 bits per heavy atom. The van der Waals surface area contributed by atoms with Crippen LogP contribution in [0.4, 0.5) is 0 Å². The summed E-state index contributed by atoms with van der Waals surface area (Å²) in [5, 5.41) is 19.1. The number of aliphatic hydroxyl groups is 1. The zero-order chi connectivity index (χ0) is 17.3. The first-order chi connectivity index (χ1) is 11.5. The Morgan fingerprint density at radius 2 is 2.04 bits per heavy atom. The van der Waals surface area contributed by atoms with E-state index in [0.29, 0.717) is 0 Å². The molecule has 8 nitrogen and oxygen atoms in total. The molecule has 0 aliphatic carbocycles. The summed E-state index contributed by atoms with van der Waals surface area (Å²) in [5.41, 5.74) is 1.56. The van der Waals surface area contributed by atoms with Gasteiger partial charge in [0.25, 0.3) is 0 Å². The largest absolute Gasteiger partial charge is 0.387 e. The molecule has 8 heteroatoms. The van der Waals surface area contributed by atoms with E-state index in [0.717, 1.165) is 11.0 Å². The number of methoxy groups -OCH3 is 2. The molecule has 1 saturated heterocycles. The molecule has 1 aromatic heterocycles. The zero-order valence-electron chi connectivity index (χ0n) is 14.2. The second-order valence-corrected chi connectivity index (χ2v) is 6.23. The highest BCUT2D eigenvalue weighted by Gasteiger charge is 2.49. The molecule has 1 aliphatic heterocycles. The van der Waals surface area contributed by atoms with Crippen molar-refractivity contribution in [3.63, 3.8) is 0 Å². The first-order valence-electron chi connectivity index (χ1n) is 7.82. The summed E-state index contributed by atoms with van der Waals surface area (Å²) in [6.45, 7) is 3.83. The van der Waals surface area contributed by atoms with E-state index in [1.165, 1.54) is 7.11 Å². The van der Waals surface area contributed by atoms with Gasteiger partial charge in [0.05, 0.1) is 12.1 Å². The monoisotopic (exact) mass is 337 g/mol. The van der Waals surface area contributed by atoms with Gasteiger partial charge in [-0.2, -0.15) is 0 Å². The van der Waals surface area contributed by atoms with Crippen LogP contribution in [-0.2, 0) is 18.9 Å². The Labute approximate surface area is 140 Å². The van der Waals surface area contributed by atoms with E-state index < -0.39 is 30.3 Å². The van der Waals surface area contributed by atoms with E-state index in [9.17, 15) is 5.11 Å². The molecule has 1 fully saturated rings. The van der Waals surface area contributed by atoms with Crippen molar-refractivity contribution in [2.24, 2.45) is 0 Å². The van der Waals surface area contributed by atoms with Crippen molar-refractivity contribution in [3.8, 4) is 0 Å². The molecule has 1 aliphatic rings. The summed E-state index contributed by atoms with van der Waals surface area (Å²) >= 11 is 0. The van der Waals surface area contributed by atoms with E-state index in [4.69, 9.17) is 18.9 Å². The third-order valence-corrected chi connectivity index (χ3v) is 4.08. The summed E-state index contributed by atoms with van der Waals surface area (Å²) in [7, 11) is 3.07. The molecule has 4 atom stereocenters. The maximum Gasteiger partial charge on any atom is 0.184 e. The lowest BCUT2D eigenvalue weighted by molar-refractivity contribution is -0.169. The van der Waals surface area contributed by atoms with Crippen LogP contribution in [0.25, 0.3) is 11.0 Å². The van der Waals surface area contributed by atoms with Gasteiger partial charge in [0, 0.05) is 14.2 Å². The number of fused-ring (bicyclic) bond motifs is 1. The molecular weight excluding hydrogens is 314 g/mol. The number of hydrogen-bond acceptors (Lipinski definition) is 7. The lowest BCUT2D eigenvalue weighted by Crippen LogP contribution is -2.45. The van der Waals surface area contributed by atoms with Crippen LogP contribution in [0.2, 0.25) is 0 Å². The van der Waals surface area contributed by atoms with Crippen molar-refractivity contribution in [1.82, 2.24) is 15.0 Å². The van der Waals surface area contributed by atoms with Crippen LogP contribution in [0.5, 0.6) is 0 Å². The molecule has 24 heavy (non-hydrogen) atoms. The van der Waals surface area contributed by atoms with Gasteiger partial charge < -0.3 is 24.1 Å². The van der Waals surface area contributed by atoms with Gasteiger partial charge in [0.15, 0.2) is 12.0 Å². The van der Waals surface area contributed by atoms with Crippen molar-refractivity contribution in [2.45, 2.75) is 44.2 Å². The lowest BCUT2D eigenvalue weighted by atomic mass is 10.1. The molecule has 0 spiro atoms. The van der Waals surface area contributed by atoms with Gasteiger partial charge in [0.1, 0.15) is 23.8 Å². The molecular formula is C16H23N3O5. The van der Waals surface area contributed by atoms with Gasteiger partial charge in [-0.25, -0.2) is 4.68 Å². The number of hydrogen-bond donors (Lipinski definition) is 1. The molecule has 0 saturated carbocycles. The van der Waals surface area contributed by atoms with E-state index in [1.54, 1.807) is 25.6 Å². The number of benzene rings is 1. The maximum absolute atomic E-state index is 10.7. The van der Waals surface area contributed by atoms with Crippen LogP contribution in [0, 0.1) is 0 Å². The van der Waals surface area contributed by atoms with Crippen LogP contribution in [0.15, 0.2) is 24.3 Å². The van der Waals surface area contributed by atoms with Gasteiger partial charge in [0.2, 0.25) is 0 Å². The van der Waals surface area contributed by atoms with Crippen LogP contribution < -0.4 is 0 Å². The van der Waals surface area contributed by atoms with E-state index >= 15 is 0 Å². The van der Waals surface area contributed by atoms with Crippen LogP contribution in [0.3, 0.4) is 0 Å². The van der Waals surface area contributed by atoms with E-state index in [2.05, 4.69) is 10.3 Å². The predicted octanol–water partition coefficient (Wildman–Crippen LogP) is 1.10. The lowest BCUT2D eigenvalue weighted by Gasteiger charge is -2.28. The standard InChI is InChI=1S/C16H23N3O5/c1-16(2)23-14(13(20)12(22-4)9-21-3)15(24-16)19-11-8-6-5-7-10(11)17-18-19/h5-8,12-15,20H,9H2,1-4H3/t12-,13-,14+,15-/m1/s1. The Hall–Kier alpha value is -1.58. The SMILES string of the molecule is COC[C@@H](OC)[C@@H](O)[C@@H]1OC(C)(C)O[C@H]1n1nnc2ccccc21. The Balaban J connectivity index is 1.95. The first-order valence-corrected chi connectivity index (χ1v) is 7.82. The minimum Gasteiger partial charge on any atom is -0.387 e. The second kappa shape index (κ2) is 6.73. The third kappa shape index (κ3) is 3.15. The second-order valence-electron chi connectivity index (χ2n) is 6.23. The molecule has 2 heterocycles. The molecule has 0 radical (unpaired) electrons. The Kier molecular flexibility index (Phi) is 4.84. The van der Waals surface area contributed by atoms with Gasteiger partial charge in [-0.15, -0.1) is 5.10 Å². The van der Waals surface area contributed by atoms with E-state index in [1.807, 2.05) is 24.3 Å². The van der Waals surface area contributed by atoms with Crippen molar-refractivity contribution < 1.29 is 24.1 Å². The third-order valence-electron chi connectivity index (χ3n) is 4.08. The molecule has 3 rings (SSSR count). The molecule has 0 unspecified atom stereocenters.